The van der Waals surface area contributed by atoms with Crippen molar-refractivity contribution in [2.75, 3.05) is 6.61 Å². The van der Waals surface area contributed by atoms with E-state index in [1.807, 2.05) is 13.8 Å². The van der Waals surface area contributed by atoms with E-state index in [1.54, 1.807) is 13.8 Å². The Morgan fingerprint density at radius 2 is 1.79 bits per heavy atom. The third kappa shape index (κ3) is 3.27. The summed E-state index contributed by atoms with van der Waals surface area (Å²) in [7, 11) is 0. The van der Waals surface area contributed by atoms with Crippen LogP contribution in [-0.4, -0.2) is 28.7 Å². The van der Waals surface area contributed by atoms with E-state index >= 15 is 0 Å². The van der Waals surface area contributed by atoms with Gasteiger partial charge in [-0.2, -0.15) is 0 Å². The summed E-state index contributed by atoms with van der Waals surface area (Å²) in [4.78, 5) is 11.8. The minimum atomic E-state index is -0.813. The average molecular weight is 202 g/mol. The zero-order chi connectivity index (χ0) is 11.4. The first kappa shape index (κ1) is 13.4. The molecule has 0 saturated heterocycles. The lowest BCUT2D eigenvalue weighted by molar-refractivity contribution is -0.128. The van der Waals surface area contributed by atoms with Crippen LogP contribution >= 0.6 is 0 Å². The summed E-state index contributed by atoms with van der Waals surface area (Å²) < 4.78 is 0. The number of aliphatic hydroxyl groups is 1. The SMILES string of the molecule is CCC(N)(CC)C(=O)NC(C)(C)CO. The maximum absolute atomic E-state index is 11.8. The Labute approximate surface area is 85.9 Å². The van der Waals surface area contributed by atoms with Gasteiger partial charge in [-0.1, -0.05) is 13.8 Å². The van der Waals surface area contributed by atoms with E-state index in [2.05, 4.69) is 5.32 Å². The van der Waals surface area contributed by atoms with Crippen LogP contribution in [0.5, 0.6) is 0 Å². The fraction of sp³-hybridized carbons (Fsp3) is 0.900. The maximum Gasteiger partial charge on any atom is 0.240 e. The van der Waals surface area contributed by atoms with E-state index < -0.39 is 11.1 Å². The average Bonchev–Trinajstić information content (AvgIpc) is 2.16. The van der Waals surface area contributed by atoms with Gasteiger partial charge >= 0.3 is 0 Å². The molecular formula is C10H22N2O2. The highest BCUT2D eigenvalue weighted by Crippen LogP contribution is 2.13. The van der Waals surface area contributed by atoms with Gasteiger partial charge in [-0.25, -0.2) is 0 Å². The number of amides is 1. The number of nitrogens with one attached hydrogen (secondary N) is 1. The second-order valence-corrected chi connectivity index (χ2v) is 4.36. The molecule has 4 nitrogen and oxygen atoms in total. The van der Waals surface area contributed by atoms with Gasteiger partial charge in [-0.3, -0.25) is 4.79 Å². The lowest BCUT2D eigenvalue weighted by Gasteiger charge is -2.31. The number of hydrogen-bond donors (Lipinski definition) is 3. The van der Waals surface area contributed by atoms with Crippen LogP contribution in [0.15, 0.2) is 0 Å². The number of hydrogen-bond acceptors (Lipinski definition) is 3. The van der Waals surface area contributed by atoms with Crippen LogP contribution in [0.2, 0.25) is 0 Å². The van der Waals surface area contributed by atoms with Gasteiger partial charge in [0, 0.05) is 0 Å². The zero-order valence-corrected chi connectivity index (χ0v) is 9.55. The Bertz CT molecular complexity index is 198. The largest absolute Gasteiger partial charge is 0.394 e. The van der Waals surface area contributed by atoms with Crippen molar-refractivity contribution in [2.45, 2.75) is 51.6 Å². The Morgan fingerprint density at radius 1 is 1.36 bits per heavy atom. The van der Waals surface area contributed by atoms with Crippen LogP contribution in [0.25, 0.3) is 0 Å². The Kier molecular flexibility index (Phi) is 4.55. The molecule has 84 valence electrons. The maximum atomic E-state index is 11.8. The van der Waals surface area contributed by atoms with Gasteiger partial charge in [0.1, 0.15) is 0 Å². The van der Waals surface area contributed by atoms with Crippen LogP contribution in [0.1, 0.15) is 40.5 Å². The third-order valence-corrected chi connectivity index (χ3v) is 2.56. The summed E-state index contributed by atoms with van der Waals surface area (Å²) >= 11 is 0. The summed E-state index contributed by atoms with van der Waals surface area (Å²) in [6, 6.07) is 0. The molecule has 0 aromatic carbocycles. The molecule has 0 bridgehead atoms. The molecule has 0 aliphatic carbocycles. The fourth-order valence-corrected chi connectivity index (χ4v) is 1.04. The van der Waals surface area contributed by atoms with E-state index in [0.29, 0.717) is 12.8 Å². The third-order valence-electron chi connectivity index (χ3n) is 2.56. The van der Waals surface area contributed by atoms with Gasteiger partial charge < -0.3 is 16.2 Å². The van der Waals surface area contributed by atoms with Crippen molar-refractivity contribution in [2.24, 2.45) is 5.73 Å². The Morgan fingerprint density at radius 3 is 2.07 bits per heavy atom. The molecule has 0 rings (SSSR count). The first-order valence-electron chi connectivity index (χ1n) is 5.03. The topological polar surface area (TPSA) is 75.4 Å². The molecule has 4 N–H and O–H groups in total. The highest BCUT2D eigenvalue weighted by Gasteiger charge is 2.33. The van der Waals surface area contributed by atoms with Crippen LogP contribution in [-0.2, 0) is 4.79 Å². The van der Waals surface area contributed by atoms with Gasteiger partial charge in [-0.05, 0) is 26.7 Å². The van der Waals surface area contributed by atoms with Crippen molar-refractivity contribution in [1.82, 2.24) is 5.32 Å². The van der Waals surface area contributed by atoms with Gasteiger partial charge in [0.15, 0.2) is 0 Å². The van der Waals surface area contributed by atoms with E-state index in [0.717, 1.165) is 0 Å². The molecule has 0 spiro atoms. The standard InChI is InChI=1S/C10H22N2O2/c1-5-10(11,6-2)8(14)12-9(3,4)7-13/h13H,5-7,11H2,1-4H3,(H,12,14). The highest BCUT2D eigenvalue weighted by atomic mass is 16.3. The number of nitrogens with two attached hydrogens (primary N) is 1. The van der Waals surface area contributed by atoms with Crippen molar-refractivity contribution in [3.63, 3.8) is 0 Å². The van der Waals surface area contributed by atoms with E-state index in [9.17, 15) is 4.79 Å². The number of carbonyl (C=O) groups is 1. The second-order valence-electron chi connectivity index (χ2n) is 4.36. The van der Waals surface area contributed by atoms with Gasteiger partial charge in [-0.15, -0.1) is 0 Å². The van der Waals surface area contributed by atoms with Crippen molar-refractivity contribution in [3.05, 3.63) is 0 Å². The molecule has 0 aromatic rings. The Hall–Kier alpha value is -0.610. The van der Waals surface area contributed by atoms with E-state index in [1.165, 1.54) is 0 Å². The normalized spacial score (nSPS) is 12.7. The molecule has 0 saturated carbocycles. The molecule has 0 fully saturated rings. The summed E-state index contributed by atoms with van der Waals surface area (Å²) in [5.41, 5.74) is 4.49. The van der Waals surface area contributed by atoms with Gasteiger partial charge in [0.25, 0.3) is 0 Å². The lowest BCUT2D eigenvalue weighted by atomic mass is 9.91. The first-order chi connectivity index (χ1) is 6.31. The molecule has 14 heavy (non-hydrogen) atoms. The predicted octanol–water partition coefficient (Wildman–Crippen LogP) is 0.391. The molecule has 0 heterocycles. The molecule has 1 amide bonds. The molecule has 0 aliphatic rings. The van der Waals surface area contributed by atoms with Gasteiger partial charge in [0.05, 0.1) is 17.7 Å². The van der Waals surface area contributed by atoms with E-state index in [4.69, 9.17) is 10.8 Å². The zero-order valence-electron chi connectivity index (χ0n) is 9.55. The summed E-state index contributed by atoms with van der Waals surface area (Å²) in [6.45, 7) is 7.19. The van der Waals surface area contributed by atoms with Crippen molar-refractivity contribution < 1.29 is 9.90 Å². The van der Waals surface area contributed by atoms with E-state index in [-0.39, 0.29) is 12.5 Å². The number of rotatable bonds is 5. The van der Waals surface area contributed by atoms with Gasteiger partial charge in [0.2, 0.25) is 5.91 Å². The summed E-state index contributed by atoms with van der Waals surface area (Å²) in [5.74, 6) is -0.193. The molecule has 0 unspecified atom stereocenters. The molecule has 0 atom stereocenters. The van der Waals surface area contributed by atoms with Crippen molar-refractivity contribution in [3.8, 4) is 0 Å². The summed E-state index contributed by atoms with van der Waals surface area (Å²) in [5, 5.41) is 11.7. The molecule has 0 aromatic heterocycles. The first-order valence-corrected chi connectivity index (χ1v) is 5.03. The summed E-state index contributed by atoms with van der Waals surface area (Å²) in [6.07, 6.45) is 1.19. The van der Waals surface area contributed by atoms with Crippen LogP contribution in [0, 0.1) is 0 Å². The van der Waals surface area contributed by atoms with Crippen molar-refractivity contribution in [1.29, 1.82) is 0 Å². The Balaban J connectivity index is 4.48. The minimum Gasteiger partial charge on any atom is -0.394 e. The minimum absolute atomic E-state index is 0.0950. The number of aliphatic hydroxyl groups excluding tert-OH is 1. The van der Waals surface area contributed by atoms with Crippen LogP contribution < -0.4 is 11.1 Å². The van der Waals surface area contributed by atoms with Crippen molar-refractivity contribution >= 4 is 5.91 Å². The lowest BCUT2D eigenvalue weighted by Crippen LogP contribution is -2.59. The predicted molar refractivity (Wildman–Crippen MR) is 56.8 cm³/mol. The molecular weight excluding hydrogens is 180 g/mol. The quantitative estimate of drug-likeness (QED) is 0.603. The van der Waals surface area contributed by atoms with Crippen LogP contribution in [0.4, 0.5) is 0 Å². The van der Waals surface area contributed by atoms with Crippen LogP contribution in [0.3, 0.4) is 0 Å². The molecule has 0 aliphatic heterocycles. The number of carbonyl (C=O) groups excluding carboxylic acids is 1. The molecule has 4 heteroatoms. The second kappa shape index (κ2) is 4.75. The fourth-order valence-electron chi connectivity index (χ4n) is 1.04. The smallest absolute Gasteiger partial charge is 0.240 e. The highest BCUT2D eigenvalue weighted by molar-refractivity contribution is 5.86. The molecule has 0 radical (unpaired) electrons. The monoisotopic (exact) mass is 202 g/mol.